The summed E-state index contributed by atoms with van der Waals surface area (Å²) in [6.45, 7) is 6.33. The summed E-state index contributed by atoms with van der Waals surface area (Å²) < 4.78 is 0. The molecule has 0 N–H and O–H groups in total. The highest BCUT2D eigenvalue weighted by Gasteiger charge is 2.18. The molecule has 1 saturated heterocycles. The van der Waals surface area contributed by atoms with E-state index < -0.39 is 0 Å². The van der Waals surface area contributed by atoms with Crippen LogP contribution in [0.1, 0.15) is 29.5 Å². The molecule has 0 aliphatic carbocycles. The van der Waals surface area contributed by atoms with E-state index >= 15 is 0 Å². The molecule has 102 valence electrons. The molecule has 0 unspecified atom stereocenters. The van der Waals surface area contributed by atoms with Crippen LogP contribution in [0, 0.1) is 25.2 Å². The molecule has 0 amide bonds. The first kappa shape index (κ1) is 12.9. The molecule has 0 atom stereocenters. The third kappa shape index (κ3) is 2.22. The van der Waals surface area contributed by atoms with E-state index in [4.69, 9.17) is 10.2 Å². The molecule has 3 nitrogen and oxygen atoms in total. The molecule has 1 aliphatic rings. The standard InChI is InChI=1S/C17H19N3/c1-12-9-13(2)15-11-14(5-6-18)17(19-16(15)10-12)20-7-3-4-8-20/h9-11H,3-5,7-8H2,1-2H3. The maximum Gasteiger partial charge on any atom is 0.133 e. The monoisotopic (exact) mass is 265 g/mol. The van der Waals surface area contributed by atoms with Crippen LogP contribution in [-0.4, -0.2) is 18.1 Å². The topological polar surface area (TPSA) is 39.9 Å². The number of hydrogen-bond donors (Lipinski definition) is 0. The van der Waals surface area contributed by atoms with Crippen molar-refractivity contribution in [3.05, 3.63) is 34.9 Å². The average molecular weight is 265 g/mol. The van der Waals surface area contributed by atoms with Crippen molar-refractivity contribution in [1.29, 1.82) is 5.26 Å². The predicted molar refractivity (Wildman–Crippen MR) is 82.0 cm³/mol. The van der Waals surface area contributed by atoms with Gasteiger partial charge in [0.2, 0.25) is 0 Å². The second-order valence-corrected chi connectivity index (χ2v) is 5.65. The number of hydrogen-bond acceptors (Lipinski definition) is 3. The van der Waals surface area contributed by atoms with E-state index in [1.807, 2.05) is 0 Å². The lowest BCUT2D eigenvalue weighted by atomic mass is 10.0. The number of aryl methyl sites for hydroxylation is 2. The Bertz CT molecular complexity index is 691. The Kier molecular flexibility index (Phi) is 3.31. The minimum Gasteiger partial charge on any atom is -0.356 e. The molecule has 3 heteroatoms. The summed E-state index contributed by atoms with van der Waals surface area (Å²) in [4.78, 5) is 7.20. The van der Waals surface area contributed by atoms with E-state index in [-0.39, 0.29) is 0 Å². The zero-order chi connectivity index (χ0) is 14.1. The number of anilines is 1. The molecule has 1 aliphatic heterocycles. The van der Waals surface area contributed by atoms with E-state index in [2.05, 4.69) is 43.0 Å². The molecule has 0 radical (unpaired) electrons. The Morgan fingerprint density at radius 1 is 1.20 bits per heavy atom. The van der Waals surface area contributed by atoms with Crippen LogP contribution in [0.3, 0.4) is 0 Å². The highest BCUT2D eigenvalue weighted by molar-refractivity contribution is 5.85. The largest absolute Gasteiger partial charge is 0.356 e. The molecule has 3 rings (SSSR count). The highest BCUT2D eigenvalue weighted by atomic mass is 15.2. The van der Waals surface area contributed by atoms with Crippen molar-refractivity contribution < 1.29 is 0 Å². The summed E-state index contributed by atoms with van der Waals surface area (Å²) in [6.07, 6.45) is 2.87. The van der Waals surface area contributed by atoms with E-state index in [0.29, 0.717) is 6.42 Å². The lowest BCUT2D eigenvalue weighted by molar-refractivity contribution is 0.929. The molecule has 0 saturated carbocycles. The lowest BCUT2D eigenvalue weighted by Crippen LogP contribution is -2.20. The SMILES string of the molecule is Cc1cc(C)c2cc(CC#N)c(N3CCCC3)nc2c1. The predicted octanol–water partition coefficient (Wildman–Crippen LogP) is 3.52. The van der Waals surface area contributed by atoms with E-state index in [1.54, 1.807) is 0 Å². The van der Waals surface area contributed by atoms with Gasteiger partial charge >= 0.3 is 0 Å². The van der Waals surface area contributed by atoms with Crippen LogP contribution in [0.5, 0.6) is 0 Å². The average Bonchev–Trinajstić information content (AvgIpc) is 2.93. The van der Waals surface area contributed by atoms with E-state index in [1.165, 1.54) is 29.4 Å². The van der Waals surface area contributed by atoms with Crippen molar-refractivity contribution in [2.75, 3.05) is 18.0 Å². The second kappa shape index (κ2) is 5.13. The zero-order valence-electron chi connectivity index (χ0n) is 12.1. The van der Waals surface area contributed by atoms with E-state index in [0.717, 1.165) is 30.0 Å². The molecule has 0 spiro atoms. The summed E-state index contributed by atoms with van der Waals surface area (Å²) in [5, 5.41) is 10.2. The van der Waals surface area contributed by atoms with Crippen molar-refractivity contribution in [3.8, 4) is 6.07 Å². The third-order valence-corrected chi connectivity index (χ3v) is 4.02. The molecule has 20 heavy (non-hydrogen) atoms. The van der Waals surface area contributed by atoms with Gasteiger partial charge in [-0.05, 0) is 49.9 Å². The Hall–Kier alpha value is -2.08. The van der Waals surface area contributed by atoms with Crippen molar-refractivity contribution in [2.45, 2.75) is 33.1 Å². The zero-order valence-corrected chi connectivity index (χ0v) is 12.1. The fraction of sp³-hybridized carbons (Fsp3) is 0.412. The van der Waals surface area contributed by atoms with Gasteiger partial charge in [-0.3, -0.25) is 0 Å². The number of nitrogens with zero attached hydrogens (tertiary/aromatic N) is 3. The van der Waals surface area contributed by atoms with Gasteiger partial charge in [-0.15, -0.1) is 0 Å². The Morgan fingerprint density at radius 2 is 1.95 bits per heavy atom. The maximum absolute atomic E-state index is 9.08. The molecule has 1 aromatic heterocycles. The molecule has 0 bridgehead atoms. The fourth-order valence-corrected chi connectivity index (χ4v) is 3.08. The Morgan fingerprint density at radius 3 is 2.65 bits per heavy atom. The summed E-state index contributed by atoms with van der Waals surface area (Å²) in [6, 6.07) is 8.75. The van der Waals surface area contributed by atoms with Crippen LogP contribution in [-0.2, 0) is 6.42 Å². The van der Waals surface area contributed by atoms with Gasteiger partial charge in [-0.1, -0.05) is 6.07 Å². The number of aromatic nitrogens is 1. The lowest BCUT2D eigenvalue weighted by Gasteiger charge is -2.20. The van der Waals surface area contributed by atoms with Crippen LogP contribution < -0.4 is 4.90 Å². The smallest absolute Gasteiger partial charge is 0.133 e. The van der Waals surface area contributed by atoms with Crippen LogP contribution in [0.15, 0.2) is 18.2 Å². The van der Waals surface area contributed by atoms with Crippen molar-refractivity contribution in [2.24, 2.45) is 0 Å². The molecule has 1 aromatic carbocycles. The van der Waals surface area contributed by atoms with Crippen molar-refractivity contribution >= 4 is 16.7 Å². The minimum absolute atomic E-state index is 0.433. The normalized spacial score (nSPS) is 14.8. The number of rotatable bonds is 2. The van der Waals surface area contributed by atoms with Gasteiger partial charge < -0.3 is 4.90 Å². The van der Waals surface area contributed by atoms with Crippen molar-refractivity contribution in [3.63, 3.8) is 0 Å². The fourth-order valence-electron chi connectivity index (χ4n) is 3.08. The van der Waals surface area contributed by atoms with Crippen LogP contribution >= 0.6 is 0 Å². The summed E-state index contributed by atoms with van der Waals surface area (Å²) in [5.41, 5.74) is 4.59. The Labute approximate surface area is 119 Å². The van der Waals surface area contributed by atoms with Gasteiger partial charge in [0.1, 0.15) is 5.82 Å². The quantitative estimate of drug-likeness (QED) is 0.834. The van der Waals surface area contributed by atoms with Gasteiger partial charge in [0.25, 0.3) is 0 Å². The van der Waals surface area contributed by atoms with Crippen LogP contribution in [0.25, 0.3) is 10.9 Å². The second-order valence-electron chi connectivity index (χ2n) is 5.65. The number of fused-ring (bicyclic) bond motifs is 1. The minimum atomic E-state index is 0.433. The molecule has 1 fully saturated rings. The molecule has 2 aromatic rings. The summed E-state index contributed by atoms with van der Waals surface area (Å²) in [5.74, 6) is 1.02. The molecule has 2 heterocycles. The third-order valence-electron chi connectivity index (χ3n) is 4.02. The van der Waals surface area contributed by atoms with Gasteiger partial charge in [0.15, 0.2) is 0 Å². The Balaban J connectivity index is 2.21. The number of nitriles is 1. The first-order valence-electron chi connectivity index (χ1n) is 7.22. The van der Waals surface area contributed by atoms with Crippen molar-refractivity contribution in [1.82, 2.24) is 4.98 Å². The molecular formula is C17H19N3. The van der Waals surface area contributed by atoms with Gasteiger partial charge in [0.05, 0.1) is 18.0 Å². The van der Waals surface area contributed by atoms with Gasteiger partial charge in [-0.2, -0.15) is 5.26 Å². The number of benzene rings is 1. The van der Waals surface area contributed by atoms with Crippen LogP contribution in [0.4, 0.5) is 5.82 Å². The summed E-state index contributed by atoms with van der Waals surface area (Å²) >= 11 is 0. The highest BCUT2D eigenvalue weighted by Crippen LogP contribution is 2.29. The van der Waals surface area contributed by atoms with Gasteiger partial charge in [0, 0.05) is 24.0 Å². The number of pyridine rings is 1. The van der Waals surface area contributed by atoms with E-state index in [9.17, 15) is 0 Å². The molecular weight excluding hydrogens is 246 g/mol. The summed E-state index contributed by atoms with van der Waals surface area (Å²) in [7, 11) is 0. The van der Waals surface area contributed by atoms with Gasteiger partial charge in [-0.25, -0.2) is 4.98 Å². The first-order chi connectivity index (χ1) is 9.69. The maximum atomic E-state index is 9.08. The first-order valence-corrected chi connectivity index (χ1v) is 7.22. The van der Waals surface area contributed by atoms with Crippen LogP contribution in [0.2, 0.25) is 0 Å².